The van der Waals surface area contributed by atoms with Crippen LogP contribution in [0.3, 0.4) is 0 Å². The SMILES string of the molecule is N#Cc1ccc(-c2cccc3c2oc2ccc(-c4cccc(-c5ccc(C(=N)NC6C=CC=CN6)cc5)c4)cc23)cc1. The number of benzene rings is 5. The summed E-state index contributed by atoms with van der Waals surface area (Å²) < 4.78 is 6.36. The van der Waals surface area contributed by atoms with E-state index >= 15 is 0 Å². The zero-order valence-corrected chi connectivity index (χ0v) is 22.6. The molecule has 0 spiro atoms. The molecule has 5 nitrogen and oxygen atoms in total. The van der Waals surface area contributed by atoms with Crippen LogP contribution in [0.2, 0.25) is 0 Å². The molecule has 0 fully saturated rings. The molecule has 5 aromatic carbocycles. The first kappa shape index (κ1) is 25.1. The van der Waals surface area contributed by atoms with Crippen LogP contribution in [0.5, 0.6) is 0 Å². The van der Waals surface area contributed by atoms with E-state index in [9.17, 15) is 0 Å². The van der Waals surface area contributed by atoms with Gasteiger partial charge in [0.05, 0.1) is 11.6 Å². The van der Waals surface area contributed by atoms with Gasteiger partial charge in [0.15, 0.2) is 0 Å². The van der Waals surface area contributed by atoms with E-state index in [-0.39, 0.29) is 6.17 Å². The van der Waals surface area contributed by atoms with E-state index in [2.05, 4.69) is 83.4 Å². The van der Waals surface area contributed by atoms with Gasteiger partial charge >= 0.3 is 0 Å². The van der Waals surface area contributed by atoms with Gasteiger partial charge in [-0.15, -0.1) is 0 Å². The lowest BCUT2D eigenvalue weighted by atomic mass is 9.97. The topological polar surface area (TPSA) is 84.8 Å². The molecule has 42 heavy (non-hydrogen) atoms. The van der Waals surface area contributed by atoms with Crippen molar-refractivity contribution in [1.29, 1.82) is 10.7 Å². The smallest absolute Gasteiger partial charge is 0.143 e. The Morgan fingerprint density at radius 3 is 2.21 bits per heavy atom. The third kappa shape index (κ3) is 4.72. The number of hydrogen-bond donors (Lipinski definition) is 3. The molecule has 0 aliphatic carbocycles. The van der Waals surface area contributed by atoms with E-state index < -0.39 is 0 Å². The van der Waals surface area contributed by atoms with Crippen molar-refractivity contribution in [2.24, 2.45) is 0 Å². The largest absolute Gasteiger partial charge is 0.455 e. The number of para-hydroxylation sites is 1. The summed E-state index contributed by atoms with van der Waals surface area (Å²) in [7, 11) is 0. The van der Waals surface area contributed by atoms with Gasteiger partial charge in [-0.3, -0.25) is 5.41 Å². The van der Waals surface area contributed by atoms with Gasteiger partial charge in [0, 0.05) is 21.9 Å². The van der Waals surface area contributed by atoms with Crippen LogP contribution < -0.4 is 10.6 Å². The average molecular weight is 543 g/mol. The van der Waals surface area contributed by atoms with Crippen LogP contribution >= 0.6 is 0 Å². The van der Waals surface area contributed by atoms with Crippen LogP contribution in [0.4, 0.5) is 0 Å². The Hall–Kier alpha value is -5.86. The summed E-state index contributed by atoms with van der Waals surface area (Å²) in [6, 6.07) is 38.9. The van der Waals surface area contributed by atoms with Crippen LogP contribution in [-0.4, -0.2) is 12.0 Å². The van der Waals surface area contributed by atoms with Crippen molar-refractivity contribution in [1.82, 2.24) is 10.6 Å². The molecule has 0 amide bonds. The van der Waals surface area contributed by atoms with E-state index in [1.54, 1.807) is 0 Å². The fourth-order valence-electron chi connectivity index (χ4n) is 5.41. The minimum Gasteiger partial charge on any atom is -0.455 e. The molecule has 3 N–H and O–H groups in total. The van der Waals surface area contributed by atoms with Gasteiger partial charge in [-0.25, -0.2) is 0 Å². The monoisotopic (exact) mass is 542 g/mol. The fraction of sp³-hybridized carbons (Fsp3) is 0.0270. The molecule has 0 saturated heterocycles. The first-order chi connectivity index (χ1) is 20.7. The first-order valence-electron chi connectivity index (χ1n) is 13.8. The molecular formula is C37H26N4O. The highest BCUT2D eigenvalue weighted by Gasteiger charge is 2.14. The van der Waals surface area contributed by atoms with Crippen LogP contribution in [-0.2, 0) is 0 Å². The number of nitriles is 1. The van der Waals surface area contributed by atoms with E-state index in [0.29, 0.717) is 11.4 Å². The second-order valence-electron chi connectivity index (χ2n) is 10.3. The summed E-state index contributed by atoms with van der Waals surface area (Å²) >= 11 is 0. The van der Waals surface area contributed by atoms with E-state index in [4.69, 9.17) is 15.1 Å². The predicted octanol–water partition coefficient (Wildman–Crippen LogP) is 8.37. The second-order valence-corrected chi connectivity index (χ2v) is 10.3. The Morgan fingerprint density at radius 2 is 1.45 bits per heavy atom. The number of dihydropyridines is 1. The van der Waals surface area contributed by atoms with Gasteiger partial charge in [-0.2, -0.15) is 5.26 Å². The zero-order valence-electron chi connectivity index (χ0n) is 22.6. The highest BCUT2D eigenvalue weighted by molar-refractivity contribution is 6.10. The predicted molar refractivity (Wildman–Crippen MR) is 170 cm³/mol. The lowest BCUT2D eigenvalue weighted by molar-refractivity contribution is 0.654. The number of furan rings is 1. The lowest BCUT2D eigenvalue weighted by Crippen LogP contribution is -2.42. The van der Waals surface area contributed by atoms with Gasteiger partial charge in [0.25, 0.3) is 0 Å². The Labute approximate surface area is 243 Å². The van der Waals surface area contributed by atoms with Crippen molar-refractivity contribution >= 4 is 27.8 Å². The molecule has 0 saturated carbocycles. The van der Waals surface area contributed by atoms with Crippen LogP contribution in [0.1, 0.15) is 11.1 Å². The maximum absolute atomic E-state index is 9.17. The van der Waals surface area contributed by atoms with Crippen molar-refractivity contribution in [2.75, 3.05) is 0 Å². The van der Waals surface area contributed by atoms with Gasteiger partial charge < -0.3 is 15.1 Å². The van der Waals surface area contributed by atoms with Gasteiger partial charge in [-0.1, -0.05) is 84.9 Å². The van der Waals surface area contributed by atoms with Crippen LogP contribution in [0, 0.1) is 16.7 Å². The minimum atomic E-state index is -0.0916. The second kappa shape index (κ2) is 10.6. The van der Waals surface area contributed by atoms with Crippen LogP contribution in [0.25, 0.3) is 55.3 Å². The molecule has 200 valence electrons. The van der Waals surface area contributed by atoms with E-state index in [1.807, 2.05) is 66.9 Å². The third-order valence-corrected chi connectivity index (χ3v) is 7.61. The molecule has 0 radical (unpaired) electrons. The van der Waals surface area contributed by atoms with Crippen molar-refractivity contribution in [3.8, 4) is 39.4 Å². The average Bonchev–Trinajstić information content (AvgIpc) is 3.44. The Morgan fingerprint density at radius 1 is 0.738 bits per heavy atom. The molecule has 1 aromatic heterocycles. The molecule has 1 aliphatic rings. The number of nitrogens with one attached hydrogen (secondary N) is 3. The summed E-state index contributed by atoms with van der Waals surface area (Å²) in [6.07, 6.45) is 7.63. The highest BCUT2D eigenvalue weighted by atomic mass is 16.3. The summed E-state index contributed by atoms with van der Waals surface area (Å²) in [4.78, 5) is 0. The molecule has 5 heteroatoms. The summed E-state index contributed by atoms with van der Waals surface area (Å²) in [6.45, 7) is 0. The van der Waals surface area contributed by atoms with Gasteiger partial charge in [0.1, 0.15) is 23.2 Å². The Balaban J connectivity index is 1.18. The lowest BCUT2D eigenvalue weighted by Gasteiger charge is -2.19. The zero-order chi connectivity index (χ0) is 28.5. The standard InChI is InChI=1S/C37H26N4O/c38-23-24-10-12-26(13-11-24)31-7-4-8-32-33-22-30(18-19-34(33)42-36(31)32)29-6-3-5-28(21-29)25-14-16-27(17-15-25)37(39)41-35-9-1-2-20-40-35/h1-22,35,40H,(H2,39,41). The minimum absolute atomic E-state index is 0.0916. The molecule has 2 heterocycles. The van der Waals surface area contributed by atoms with Crippen molar-refractivity contribution in [2.45, 2.75) is 6.17 Å². The fourth-order valence-corrected chi connectivity index (χ4v) is 5.41. The molecule has 1 atom stereocenters. The van der Waals surface area contributed by atoms with Gasteiger partial charge in [0.2, 0.25) is 0 Å². The quantitative estimate of drug-likeness (QED) is 0.151. The van der Waals surface area contributed by atoms with E-state index in [1.165, 1.54) is 0 Å². The number of allylic oxidation sites excluding steroid dienone is 2. The first-order valence-corrected chi connectivity index (χ1v) is 13.8. The number of amidine groups is 1. The van der Waals surface area contributed by atoms with Crippen LogP contribution in [0.15, 0.2) is 138 Å². The number of fused-ring (bicyclic) bond motifs is 3. The summed E-state index contributed by atoms with van der Waals surface area (Å²) in [5.74, 6) is 0.371. The third-order valence-electron chi connectivity index (χ3n) is 7.61. The molecule has 0 bridgehead atoms. The Kier molecular flexibility index (Phi) is 6.35. The molecule has 1 unspecified atom stereocenters. The normalized spacial score (nSPS) is 14.0. The van der Waals surface area contributed by atoms with Crippen molar-refractivity contribution in [3.63, 3.8) is 0 Å². The summed E-state index contributed by atoms with van der Waals surface area (Å²) in [5.41, 5.74) is 9.61. The highest BCUT2D eigenvalue weighted by Crippen LogP contribution is 2.38. The molecule has 6 aromatic rings. The van der Waals surface area contributed by atoms with E-state index in [0.717, 1.165) is 60.9 Å². The van der Waals surface area contributed by atoms with Crippen molar-refractivity contribution in [3.05, 3.63) is 145 Å². The molecule has 1 aliphatic heterocycles. The molecule has 7 rings (SSSR count). The molecular weight excluding hydrogens is 516 g/mol. The van der Waals surface area contributed by atoms with Gasteiger partial charge in [-0.05, 0) is 76.5 Å². The number of nitrogens with zero attached hydrogens (tertiary/aromatic N) is 1. The maximum Gasteiger partial charge on any atom is 0.143 e. The summed E-state index contributed by atoms with van der Waals surface area (Å²) in [5, 5.41) is 26.1. The Bertz CT molecular complexity index is 2060. The number of rotatable bonds is 5. The van der Waals surface area contributed by atoms with Crippen molar-refractivity contribution < 1.29 is 4.42 Å². The number of hydrogen-bond acceptors (Lipinski definition) is 4. The maximum atomic E-state index is 9.17.